The summed E-state index contributed by atoms with van der Waals surface area (Å²) in [5.74, 6) is 1.93. The minimum atomic E-state index is 0.526. The second kappa shape index (κ2) is 10.1. The standard InChI is InChI=1S/C20H29N5O2/c1-16(14-25-8-10-26-11-9-25)12-22-20(21-2)23-13-18-15-27-19(24-18)17-6-4-3-5-7-17/h3-7,15-16H,8-14H2,1-2H3,(H2,21,22,23). The molecule has 2 aromatic rings. The summed E-state index contributed by atoms with van der Waals surface area (Å²) >= 11 is 0. The van der Waals surface area contributed by atoms with E-state index < -0.39 is 0 Å². The van der Waals surface area contributed by atoms with Crippen LogP contribution >= 0.6 is 0 Å². The lowest BCUT2D eigenvalue weighted by molar-refractivity contribution is 0.0320. The number of hydrogen-bond donors (Lipinski definition) is 2. The van der Waals surface area contributed by atoms with Crippen molar-refractivity contribution in [3.8, 4) is 11.5 Å². The maximum atomic E-state index is 5.57. The summed E-state index contributed by atoms with van der Waals surface area (Å²) < 4.78 is 11.0. The monoisotopic (exact) mass is 371 g/mol. The summed E-state index contributed by atoms with van der Waals surface area (Å²) in [6.45, 7) is 8.47. The van der Waals surface area contributed by atoms with Gasteiger partial charge in [-0.25, -0.2) is 4.98 Å². The molecule has 1 aromatic heterocycles. The lowest BCUT2D eigenvalue weighted by Gasteiger charge is -2.29. The molecule has 0 radical (unpaired) electrons. The van der Waals surface area contributed by atoms with E-state index in [9.17, 15) is 0 Å². The van der Waals surface area contributed by atoms with Crippen LogP contribution in [0.5, 0.6) is 0 Å². The summed E-state index contributed by atoms with van der Waals surface area (Å²) in [6, 6.07) is 9.89. The van der Waals surface area contributed by atoms with Crippen molar-refractivity contribution < 1.29 is 9.15 Å². The van der Waals surface area contributed by atoms with Crippen molar-refractivity contribution in [2.24, 2.45) is 10.9 Å². The van der Waals surface area contributed by atoms with Crippen molar-refractivity contribution in [1.29, 1.82) is 0 Å². The predicted molar refractivity (Wildman–Crippen MR) is 107 cm³/mol. The van der Waals surface area contributed by atoms with Crippen molar-refractivity contribution >= 4 is 5.96 Å². The fourth-order valence-corrected chi connectivity index (χ4v) is 3.06. The average molecular weight is 371 g/mol. The van der Waals surface area contributed by atoms with Gasteiger partial charge < -0.3 is 19.8 Å². The first kappa shape index (κ1) is 19.4. The number of aromatic nitrogens is 1. The normalized spacial score (nSPS) is 16.9. The molecule has 1 aliphatic rings. The summed E-state index contributed by atoms with van der Waals surface area (Å²) in [6.07, 6.45) is 1.68. The SMILES string of the molecule is CN=C(NCc1coc(-c2ccccc2)n1)NCC(C)CN1CCOCC1. The molecule has 1 saturated heterocycles. The number of rotatable bonds is 7. The molecule has 0 spiro atoms. The molecule has 146 valence electrons. The molecule has 0 saturated carbocycles. The molecule has 1 fully saturated rings. The molecule has 1 aromatic carbocycles. The van der Waals surface area contributed by atoms with Gasteiger partial charge in [0.25, 0.3) is 0 Å². The third-order valence-corrected chi connectivity index (χ3v) is 4.52. The van der Waals surface area contributed by atoms with Crippen LogP contribution in [-0.4, -0.2) is 62.3 Å². The predicted octanol–water partition coefficient (Wildman–Crippen LogP) is 1.97. The number of oxazole rings is 1. The Morgan fingerprint density at radius 1 is 1.22 bits per heavy atom. The lowest BCUT2D eigenvalue weighted by atomic mass is 10.1. The quantitative estimate of drug-likeness (QED) is 0.573. The highest BCUT2D eigenvalue weighted by atomic mass is 16.5. The molecule has 2 heterocycles. The highest BCUT2D eigenvalue weighted by Gasteiger charge is 2.14. The van der Waals surface area contributed by atoms with E-state index in [1.807, 2.05) is 30.3 Å². The Bertz CT molecular complexity index is 710. The molecule has 7 heteroatoms. The van der Waals surface area contributed by atoms with Crippen LogP contribution in [0.1, 0.15) is 12.6 Å². The number of hydrogen-bond acceptors (Lipinski definition) is 5. The van der Waals surface area contributed by atoms with Crippen molar-refractivity contribution in [1.82, 2.24) is 20.5 Å². The Morgan fingerprint density at radius 3 is 2.74 bits per heavy atom. The number of aliphatic imine (C=N–C) groups is 1. The molecule has 1 atom stereocenters. The Kier molecular flexibility index (Phi) is 7.24. The van der Waals surface area contributed by atoms with E-state index >= 15 is 0 Å². The number of nitrogens with zero attached hydrogens (tertiary/aromatic N) is 3. The highest BCUT2D eigenvalue weighted by Crippen LogP contribution is 2.17. The first-order chi connectivity index (χ1) is 13.2. The van der Waals surface area contributed by atoms with Gasteiger partial charge in [0.15, 0.2) is 5.96 Å². The van der Waals surface area contributed by atoms with Crippen LogP contribution < -0.4 is 10.6 Å². The molecule has 3 rings (SSSR count). The highest BCUT2D eigenvalue weighted by molar-refractivity contribution is 5.79. The zero-order chi connectivity index (χ0) is 18.9. The van der Waals surface area contributed by atoms with Crippen molar-refractivity contribution in [3.05, 3.63) is 42.3 Å². The summed E-state index contributed by atoms with van der Waals surface area (Å²) in [7, 11) is 1.78. The van der Waals surface area contributed by atoms with E-state index in [4.69, 9.17) is 9.15 Å². The third kappa shape index (κ3) is 6.08. The van der Waals surface area contributed by atoms with Gasteiger partial charge in [-0.15, -0.1) is 0 Å². The van der Waals surface area contributed by atoms with Crippen LogP contribution in [-0.2, 0) is 11.3 Å². The summed E-state index contributed by atoms with van der Waals surface area (Å²) in [5.41, 5.74) is 1.82. The third-order valence-electron chi connectivity index (χ3n) is 4.52. The van der Waals surface area contributed by atoms with Crippen molar-refractivity contribution in [2.45, 2.75) is 13.5 Å². The minimum Gasteiger partial charge on any atom is -0.444 e. The van der Waals surface area contributed by atoms with E-state index in [0.717, 1.165) is 56.6 Å². The van der Waals surface area contributed by atoms with Crippen LogP contribution in [0.3, 0.4) is 0 Å². The van der Waals surface area contributed by atoms with Crippen LogP contribution in [0.25, 0.3) is 11.5 Å². The Hall–Kier alpha value is -2.38. The molecule has 0 bridgehead atoms. The van der Waals surface area contributed by atoms with Crippen LogP contribution in [0, 0.1) is 5.92 Å². The van der Waals surface area contributed by atoms with Gasteiger partial charge in [-0.2, -0.15) is 0 Å². The molecular formula is C20H29N5O2. The van der Waals surface area contributed by atoms with E-state index in [1.165, 1.54) is 0 Å². The van der Waals surface area contributed by atoms with E-state index in [-0.39, 0.29) is 0 Å². The van der Waals surface area contributed by atoms with Gasteiger partial charge in [-0.05, 0) is 18.1 Å². The zero-order valence-electron chi connectivity index (χ0n) is 16.1. The van der Waals surface area contributed by atoms with E-state index in [1.54, 1.807) is 13.3 Å². The number of guanidine groups is 1. The lowest BCUT2D eigenvalue weighted by Crippen LogP contribution is -2.43. The minimum absolute atomic E-state index is 0.526. The first-order valence-electron chi connectivity index (χ1n) is 9.49. The van der Waals surface area contributed by atoms with Crippen LogP contribution in [0.4, 0.5) is 0 Å². The molecule has 2 N–H and O–H groups in total. The van der Waals surface area contributed by atoms with Gasteiger partial charge in [-0.1, -0.05) is 25.1 Å². The van der Waals surface area contributed by atoms with Gasteiger partial charge >= 0.3 is 0 Å². The summed E-state index contributed by atoms with van der Waals surface area (Å²) in [5, 5.41) is 6.68. The maximum Gasteiger partial charge on any atom is 0.226 e. The summed E-state index contributed by atoms with van der Waals surface area (Å²) in [4.78, 5) is 11.3. The van der Waals surface area contributed by atoms with Crippen molar-refractivity contribution in [3.63, 3.8) is 0 Å². The molecule has 1 aliphatic heterocycles. The molecule has 27 heavy (non-hydrogen) atoms. The Balaban J connectivity index is 1.42. The Labute approximate surface area is 160 Å². The van der Waals surface area contributed by atoms with E-state index in [0.29, 0.717) is 18.4 Å². The Morgan fingerprint density at radius 2 is 2.00 bits per heavy atom. The largest absolute Gasteiger partial charge is 0.444 e. The van der Waals surface area contributed by atoms with Gasteiger partial charge in [0, 0.05) is 38.8 Å². The zero-order valence-corrected chi connectivity index (χ0v) is 16.1. The van der Waals surface area contributed by atoms with Gasteiger partial charge in [0.05, 0.1) is 25.5 Å². The number of ether oxygens (including phenoxy) is 1. The molecule has 0 amide bonds. The van der Waals surface area contributed by atoms with Crippen LogP contribution in [0.15, 0.2) is 46.0 Å². The van der Waals surface area contributed by atoms with Gasteiger partial charge in [0.1, 0.15) is 6.26 Å². The molecule has 1 unspecified atom stereocenters. The fourth-order valence-electron chi connectivity index (χ4n) is 3.06. The van der Waals surface area contributed by atoms with Crippen molar-refractivity contribution in [2.75, 3.05) is 46.4 Å². The molecule has 0 aliphatic carbocycles. The molecule has 7 nitrogen and oxygen atoms in total. The maximum absolute atomic E-state index is 5.57. The fraction of sp³-hybridized carbons (Fsp3) is 0.500. The van der Waals surface area contributed by atoms with Gasteiger partial charge in [-0.3, -0.25) is 9.89 Å². The number of morpholine rings is 1. The second-order valence-corrected chi connectivity index (χ2v) is 6.83. The average Bonchev–Trinajstić information content (AvgIpc) is 3.19. The second-order valence-electron chi connectivity index (χ2n) is 6.83. The topological polar surface area (TPSA) is 74.9 Å². The van der Waals surface area contributed by atoms with Gasteiger partial charge in [0.2, 0.25) is 5.89 Å². The number of nitrogens with one attached hydrogen (secondary N) is 2. The van der Waals surface area contributed by atoms with E-state index in [2.05, 4.69) is 32.4 Å². The number of benzene rings is 1. The van der Waals surface area contributed by atoms with Crippen LogP contribution in [0.2, 0.25) is 0 Å². The first-order valence-corrected chi connectivity index (χ1v) is 9.49. The molecular weight excluding hydrogens is 342 g/mol. The smallest absolute Gasteiger partial charge is 0.226 e.